The zero-order valence-electron chi connectivity index (χ0n) is 20.8. The molecule has 2 aliphatic heterocycles. The van der Waals surface area contributed by atoms with Crippen LogP contribution in [0.3, 0.4) is 0 Å². The monoisotopic (exact) mass is 563 g/mol. The van der Waals surface area contributed by atoms with Gasteiger partial charge in [0.2, 0.25) is 11.8 Å². The van der Waals surface area contributed by atoms with E-state index < -0.39 is 35.9 Å². The molecule has 2 aliphatic carbocycles. The third-order valence-electron chi connectivity index (χ3n) is 7.06. The van der Waals surface area contributed by atoms with Crippen LogP contribution < -0.4 is 10.6 Å². The number of amides is 4. The highest BCUT2D eigenvalue weighted by atomic mass is 19.4. The minimum Gasteiger partial charge on any atom is -0.475 e. The molecule has 2 atom stereocenters. The number of carbonyl (C=O) groups excluding carboxylic acids is 4. The molecule has 4 aliphatic rings. The third-order valence-corrected chi connectivity index (χ3v) is 7.06. The highest BCUT2D eigenvalue weighted by molar-refractivity contribution is 6.23. The van der Waals surface area contributed by atoms with Crippen molar-refractivity contribution in [1.82, 2.24) is 35.7 Å². The molecule has 2 aromatic rings. The van der Waals surface area contributed by atoms with E-state index in [1.165, 1.54) is 0 Å². The maximum Gasteiger partial charge on any atom is 0.490 e. The summed E-state index contributed by atoms with van der Waals surface area (Å²) in [7, 11) is 0. The second-order valence-electron chi connectivity index (χ2n) is 10.0. The van der Waals surface area contributed by atoms with Gasteiger partial charge >= 0.3 is 12.1 Å². The Hall–Kier alpha value is -4.21. The van der Waals surface area contributed by atoms with E-state index in [0.29, 0.717) is 18.5 Å². The van der Waals surface area contributed by atoms with Gasteiger partial charge in [0, 0.05) is 13.0 Å². The molecule has 6 rings (SSSR count). The molecule has 0 radical (unpaired) electrons. The van der Waals surface area contributed by atoms with Gasteiger partial charge in [-0.15, -0.1) is 5.10 Å². The Kier molecular flexibility index (Phi) is 7.12. The first kappa shape index (κ1) is 27.4. The van der Waals surface area contributed by atoms with E-state index in [0.717, 1.165) is 42.0 Å². The van der Waals surface area contributed by atoms with Crippen molar-refractivity contribution in [3.05, 3.63) is 40.7 Å². The number of tetrazole rings is 1. The zero-order chi connectivity index (χ0) is 28.8. The van der Waals surface area contributed by atoms with Gasteiger partial charge in [0.1, 0.15) is 6.04 Å². The van der Waals surface area contributed by atoms with Gasteiger partial charge in [-0.2, -0.15) is 13.2 Å². The average Bonchev–Trinajstić information content (AvgIpc) is 3.83. The Morgan fingerprint density at radius 3 is 2.35 bits per heavy atom. The molecule has 40 heavy (non-hydrogen) atoms. The Bertz CT molecular complexity index is 1390. The van der Waals surface area contributed by atoms with Gasteiger partial charge < -0.3 is 10.4 Å². The van der Waals surface area contributed by atoms with Gasteiger partial charge in [0.25, 0.3) is 11.8 Å². The molecule has 1 aromatic heterocycles. The normalized spacial score (nSPS) is 21.5. The lowest BCUT2D eigenvalue weighted by Gasteiger charge is -2.27. The summed E-state index contributed by atoms with van der Waals surface area (Å²) in [5, 5.41) is 25.2. The predicted molar refractivity (Wildman–Crippen MR) is 125 cm³/mol. The first-order valence-corrected chi connectivity index (χ1v) is 12.6. The summed E-state index contributed by atoms with van der Waals surface area (Å²) < 4.78 is 33.7. The summed E-state index contributed by atoms with van der Waals surface area (Å²) in [6.45, 7) is 0.492. The van der Waals surface area contributed by atoms with Crippen LogP contribution in [0.1, 0.15) is 82.7 Å². The molecule has 2 unspecified atom stereocenters. The van der Waals surface area contributed by atoms with Crippen LogP contribution in [0, 0.1) is 5.92 Å². The standard InChI is InChI=1S/C22H23N7O4.C2HF3O2/c30-17-8-7-16(20(31)24-17)28-21(32)14-6-1-11(9-15(14)22(28)33)10-23-18(12-2-3-12)19-25-26-27-29(19)13-4-5-13;3-2(4,5)1(6)7/h1,6,9,12-13,16,18,23H,2-5,7-8,10H2,(H,24,30,31);(H,6,7). The van der Waals surface area contributed by atoms with Gasteiger partial charge in [0.15, 0.2) is 5.82 Å². The summed E-state index contributed by atoms with van der Waals surface area (Å²) in [6, 6.07) is 4.63. The second-order valence-corrected chi connectivity index (χ2v) is 10.0. The fourth-order valence-electron chi connectivity index (χ4n) is 4.74. The number of fused-ring (bicyclic) bond motifs is 1. The molecule has 0 bridgehead atoms. The van der Waals surface area contributed by atoms with Gasteiger partial charge in [-0.25, -0.2) is 9.48 Å². The highest BCUT2D eigenvalue weighted by Gasteiger charge is 2.45. The highest BCUT2D eigenvalue weighted by Crippen LogP contribution is 2.43. The minimum atomic E-state index is -5.08. The second kappa shape index (κ2) is 10.4. The van der Waals surface area contributed by atoms with Gasteiger partial charge in [-0.3, -0.25) is 29.4 Å². The Morgan fingerprint density at radius 1 is 1.07 bits per heavy atom. The van der Waals surface area contributed by atoms with E-state index in [2.05, 4.69) is 26.2 Å². The van der Waals surface area contributed by atoms with Gasteiger partial charge in [-0.1, -0.05) is 6.07 Å². The topological polar surface area (TPSA) is 176 Å². The van der Waals surface area contributed by atoms with E-state index in [4.69, 9.17) is 9.90 Å². The third kappa shape index (κ3) is 5.57. The van der Waals surface area contributed by atoms with E-state index in [9.17, 15) is 32.3 Å². The summed E-state index contributed by atoms with van der Waals surface area (Å²) in [4.78, 5) is 59.5. The maximum absolute atomic E-state index is 13.0. The molecule has 0 spiro atoms. The van der Waals surface area contributed by atoms with Gasteiger partial charge in [-0.05, 0) is 66.1 Å². The molecule has 1 aromatic carbocycles. The smallest absolute Gasteiger partial charge is 0.475 e. The largest absolute Gasteiger partial charge is 0.490 e. The van der Waals surface area contributed by atoms with Crippen molar-refractivity contribution in [2.45, 2.75) is 69.4 Å². The van der Waals surface area contributed by atoms with Crippen LogP contribution in [0.2, 0.25) is 0 Å². The van der Waals surface area contributed by atoms with Crippen molar-refractivity contribution < 1.29 is 42.3 Å². The Balaban J connectivity index is 0.000000411. The van der Waals surface area contributed by atoms with E-state index >= 15 is 0 Å². The lowest BCUT2D eigenvalue weighted by Crippen LogP contribution is -2.54. The number of aliphatic carboxylic acids is 1. The fourth-order valence-corrected chi connectivity index (χ4v) is 4.74. The van der Waals surface area contributed by atoms with Crippen molar-refractivity contribution >= 4 is 29.6 Å². The number of carboxylic acids is 1. The first-order valence-electron chi connectivity index (χ1n) is 12.6. The quantitative estimate of drug-likeness (QED) is 0.416. The molecule has 13 nitrogen and oxygen atoms in total. The minimum absolute atomic E-state index is 0.0335. The number of aromatic nitrogens is 4. The summed E-state index contributed by atoms with van der Waals surface area (Å²) >= 11 is 0. The maximum atomic E-state index is 13.0. The first-order chi connectivity index (χ1) is 19.0. The molecular formula is C24H24F3N7O6. The predicted octanol–water partition coefficient (Wildman–Crippen LogP) is 1.28. The van der Waals surface area contributed by atoms with E-state index in [1.807, 2.05) is 10.7 Å². The molecule has 3 heterocycles. The fraction of sp³-hybridized carbons (Fsp3) is 0.500. The van der Waals surface area contributed by atoms with Crippen molar-refractivity contribution in [1.29, 1.82) is 0 Å². The van der Waals surface area contributed by atoms with Gasteiger partial charge in [0.05, 0.1) is 23.2 Å². The number of nitrogens with zero attached hydrogens (tertiary/aromatic N) is 5. The van der Waals surface area contributed by atoms with Crippen molar-refractivity contribution in [3.63, 3.8) is 0 Å². The van der Waals surface area contributed by atoms with Crippen molar-refractivity contribution in [2.24, 2.45) is 5.92 Å². The molecule has 2 saturated carbocycles. The number of hydrogen-bond donors (Lipinski definition) is 3. The SMILES string of the molecule is O=C(O)C(F)(F)F.O=C1CCC(N2C(=O)c3ccc(CNC(c4nnnn4C4CC4)C4CC4)cc3C2=O)C(=O)N1. The van der Waals surface area contributed by atoms with Crippen LogP contribution in [0.5, 0.6) is 0 Å². The number of carbonyl (C=O) groups is 5. The number of piperidine rings is 1. The Labute approximate surface area is 224 Å². The van der Waals surface area contributed by atoms with Crippen LogP contribution in [0.4, 0.5) is 13.2 Å². The summed E-state index contributed by atoms with van der Waals surface area (Å²) in [5.74, 6) is -3.41. The molecule has 1 saturated heterocycles. The number of imide groups is 2. The number of nitrogens with one attached hydrogen (secondary N) is 2. The number of halogens is 3. The van der Waals surface area contributed by atoms with E-state index in [1.54, 1.807) is 12.1 Å². The lowest BCUT2D eigenvalue weighted by molar-refractivity contribution is -0.192. The summed E-state index contributed by atoms with van der Waals surface area (Å²) in [6.07, 6.45) is -0.411. The number of hydrogen-bond acceptors (Lipinski definition) is 9. The number of benzene rings is 1. The molecule has 4 amide bonds. The molecule has 3 N–H and O–H groups in total. The number of alkyl halides is 3. The van der Waals surface area contributed by atoms with Crippen LogP contribution in [-0.4, -0.2) is 72.0 Å². The molecule has 3 fully saturated rings. The van der Waals surface area contributed by atoms with Crippen LogP contribution in [-0.2, 0) is 20.9 Å². The van der Waals surface area contributed by atoms with Crippen LogP contribution in [0.25, 0.3) is 0 Å². The number of rotatable bonds is 7. The van der Waals surface area contributed by atoms with Crippen molar-refractivity contribution in [3.8, 4) is 0 Å². The summed E-state index contributed by atoms with van der Waals surface area (Å²) in [5.41, 5.74) is 1.43. The van der Waals surface area contributed by atoms with Crippen molar-refractivity contribution in [2.75, 3.05) is 0 Å². The van der Waals surface area contributed by atoms with Crippen LogP contribution >= 0.6 is 0 Å². The molecule has 212 valence electrons. The molecular weight excluding hydrogens is 539 g/mol. The Morgan fingerprint density at radius 2 is 1.75 bits per heavy atom. The lowest BCUT2D eigenvalue weighted by atomic mass is 10.0. The number of carboxylic acid groups (broad SMARTS) is 1. The average molecular weight is 563 g/mol. The zero-order valence-corrected chi connectivity index (χ0v) is 20.8. The van der Waals surface area contributed by atoms with E-state index in [-0.39, 0.29) is 35.9 Å². The molecule has 16 heteroatoms. The van der Waals surface area contributed by atoms with Crippen LogP contribution in [0.15, 0.2) is 18.2 Å².